The van der Waals surface area contributed by atoms with E-state index < -0.39 is 0 Å². The lowest BCUT2D eigenvalue weighted by molar-refractivity contribution is -0.120. The van der Waals surface area contributed by atoms with Crippen LogP contribution in [0.15, 0.2) is 40.2 Å². The van der Waals surface area contributed by atoms with Crippen LogP contribution in [-0.4, -0.2) is 17.1 Å². The molecule has 0 radical (unpaired) electrons. The lowest BCUT2D eigenvalue weighted by atomic mass is 10.2. The first kappa shape index (κ1) is 13.9. The molecule has 2 heterocycles. The summed E-state index contributed by atoms with van der Waals surface area (Å²) in [4.78, 5) is 17.7. The van der Waals surface area contributed by atoms with Gasteiger partial charge in [-0.2, -0.15) is 5.10 Å². The number of hydrogen-bond donors (Lipinski definition) is 1. The Morgan fingerprint density at radius 1 is 1.63 bits per heavy atom. The van der Waals surface area contributed by atoms with Crippen LogP contribution in [0.1, 0.15) is 15.3 Å². The van der Waals surface area contributed by atoms with Crippen LogP contribution in [0.25, 0.3) is 0 Å². The molecule has 0 aliphatic carbocycles. The molecular formula is C13H12BrN3OS. The fourth-order valence-electron chi connectivity index (χ4n) is 1.44. The van der Waals surface area contributed by atoms with E-state index in [0.29, 0.717) is 0 Å². The molecule has 0 aliphatic heterocycles. The zero-order valence-corrected chi connectivity index (χ0v) is 12.7. The lowest BCUT2D eigenvalue weighted by Crippen LogP contribution is -2.19. The van der Waals surface area contributed by atoms with Crippen molar-refractivity contribution in [2.24, 2.45) is 5.10 Å². The SMILES string of the molecule is Cc1sc(/C=N/NC(=O)Cc2cccnc2)cc1Br. The zero-order valence-electron chi connectivity index (χ0n) is 10.3. The molecule has 1 N–H and O–H groups in total. The highest BCUT2D eigenvalue weighted by molar-refractivity contribution is 9.10. The first-order chi connectivity index (χ1) is 9.15. The Morgan fingerprint density at radius 2 is 2.47 bits per heavy atom. The fourth-order valence-corrected chi connectivity index (χ4v) is 2.87. The summed E-state index contributed by atoms with van der Waals surface area (Å²) in [7, 11) is 0. The second kappa shape index (κ2) is 6.58. The molecular weight excluding hydrogens is 326 g/mol. The lowest BCUT2D eigenvalue weighted by Gasteiger charge is -1.98. The zero-order chi connectivity index (χ0) is 13.7. The van der Waals surface area contributed by atoms with Gasteiger partial charge in [0.15, 0.2) is 0 Å². The van der Waals surface area contributed by atoms with E-state index in [-0.39, 0.29) is 12.3 Å². The number of aryl methyl sites for hydroxylation is 1. The number of hydrazone groups is 1. The predicted molar refractivity (Wildman–Crippen MR) is 80.4 cm³/mol. The van der Waals surface area contributed by atoms with Crippen LogP contribution < -0.4 is 5.43 Å². The molecule has 6 heteroatoms. The van der Waals surface area contributed by atoms with Gasteiger partial charge in [0, 0.05) is 26.6 Å². The minimum Gasteiger partial charge on any atom is -0.273 e. The minimum atomic E-state index is -0.156. The summed E-state index contributed by atoms with van der Waals surface area (Å²) in [5.74, 6) is -0.156. The second-order valence-corrected chi connectivity index (χ2v) is 6.03. The highest BCUT2D eigenvalue weighted by atomic mass is 79.9. The topological polar surface area (TPSA) is 54.4 Å². The number of carbonyl (C=O) groups excluding carboxylic acids is 1. The van der Waals surface area contributed by atoms with Gasteiger partial charge in [-0.1, -0.05) is 6.07 Å². The van der Waals surface area contributed by atoms with Gasteiger partial charge in [0.25, 0.3) is 0 Å². The van der Waals surface area contributed by atoms with Gasteiger partial charge in [-0.15, -0.1) is 11.3 Å². The molecule has 0 spiro atoms. The third-order valence-electron chi connectivity index (χ3n) is 2.34. The Kier molecular flexibility index (Phi) is 4.81. The number of aromatic nitrogens is 1. The average molecular weight is 338 g/mol. The van der Waals surface area contributed by atoms with E-state index in [1.54, 1.807) is 36.0 Å². The maximum absolute atomic E-state index is 11.6. The van der Waals surface area contributed by atoms with E-state index >= 15 is 0 Å². The number of rotatable bonds is 4. The summed E-state index contributed by atoms with van der Waals surface area (Å²) in [5.41, 5.74) is 3.37. The molecule has 1 amide bonds. The van der Waals surface area contributed by atoms with Crippen LogP contribution in [-0.2, 0) is 11.2 Å². The first-order valence-electron chi connectivity index (χ1n) is 5.62. The molecule has 0 aromatic carbocycles. The number of nitrogens with one attached hydrogen (secondary N) is 1. The van der Waals surface area contributed by atoms with Crippen molar-refractivity contribution in [1.82, 2.24) is 10.4 Å². The van der Waals surface area contributed by atoms with Crippen LogP contribution in [0, 0.1) is 6.92 Å². The van der Waals surface area contributed by atoms with Gasteiger partial charge in [0.1, 0.15) is 0 Å². The van der Waals surface area contributed by atoms with Crippen LogP contribution in [0.4, 0.5) is 0 Å². The Balaban J connectivity index is 1.87. The number of halogens is 1. The van der Waals surface area contributed by atoms with E-state index in [1.165, 1.54) is 4.88 Å². The van der Waals surface area contributed by atoms with Crippen LogP contribution in [0.5, 0.6) is 0 Å². The van der Waals surface area contributed by atoms with E-state index in [2.05, 4.69) is 31.4 Å². The van der Waals surface area contributed by atoms with Crippen molar-refractivity contribution in [3.63, 3.8) is 0 Å². The monoisotopic (exact) mass is 337 g/mol. The van der Waals surface area contributed by atoms with Gasteiger partial charge in [0.2, 0.25) is 5.91 Å². The van der Waals surface area contributed by atoms with Crippen LogP contribution in [0.3, 0.4) is 0 Å². The summed E-state index contributed by atoms with van der Waals surface area (Å²) < 4.78 is 1.06. The maximum atomic E-state index is 11.6. The highest BCUT2D eigenvalue weighted by Gasteiger charge is 2.02. The van der Waals surface area contributed by atoms with Crippen molar-refractivity contribution >= 4 is 39.4 Å². The summed E-state index contributed by atoms with van der Waals surface area (Å²) >= 11 is 5.05. The number of pyridine rings is 1. The van der Waals surface area contributed by atoms with Crippen LogP contribution >= 0.6 is 27.3 Å². The number of thiophene rings is 1. The number of hydrogen-bond acceptors (Lipinski definition) is 4. The Morgan fingerprint density at radius 3 is 3.11 bits per heavy atom. The molecule has 0 atom stereocenters. The molecule has 2 aromatic rings. The molecule has 0 bridgehead atoms. The first-order valence-corrected chi connectivity index (χ1v) is 7.23. The van der Waals surface area contributed by atoms with Crippen molar-refractivity contribution in [2.75, 3.05) is 0 Å². The summed E-state index contributed by atoms with van der Waals surface area (Å²) in [6, 6.07) is 5.63. The molecule has 2 aromatic heterocycles. The highest BCUT2D eigenvalue weighted by Crippen LogP contribution is 2.24. The minimum absolute atomic E-state index is 0.156. The summed E-state index contributed by atoms with van der Waals surface area (Å²) in [6.45, 7) is 2.02. The molecule has 2 rings (SSSR count). The average Bonchev–Trinajstić information content (AvgIpc) is 2.70. The van der Waals surface area contributed by atoms with E-state index in [4.69, 9.17) is 0 Å². The van der Waals surface area contributed by atoms with Gasteiger partial charge < -0.3 is 0 Å². The quantitative estimate of drug-likeness (QED) is 0.688. The second-order valence-electron chi connectivity index (χ2n) is 3.88. The van der Waals surface area contributed by atoms with Gasteiger partial charge >= 0.3 is 0 Å². The van der Waals surface area contributed by atoms with E-state index in [1.807, 2.05) is 19.1 Å². The smallest absolute Gasteiger partial charge is 0.244 e. The Hall–Kier alpha value is -1.53. The molecule has 0 unspecified atom stereocenters. The van der Waals surface area contributed by atoms with Crippen molar-refractivity contribution in [2.45, 2.75) is 13.3 Å². The molecule has 0 fully saturated rings. The van der Waals surface area contributed by atoms with Crippen molar-refractivity contribution in [3.8, 4) is 0 Å². The molecule has 19 heavy (non-hydrogen) atoms. The fraction of sp³-hybridized carbons (Fsp3) is 0.154. The maximum Gasteiger partial charge on any atom is 0.244 e. The standard InChI is InChI=1S/C13H12BrN3OS/c1-9-12(14)6-11(19-9)8-16-17-13(18)5-10-3-2-4-15-7-10/h2-4,6-8H,5H2,1H3,(H,17,18)/b16-8+. The van der Waals surface area contributed by atoms with Crippen molar-refractivity contribution in [1.29, 1.82) is 0 Å². The van der Waals surface area contributed by atoms with Crippen molar-refractivity contribution in [3.05, 3.63) is 50.4 Å². The summed E-state index contributed by atoms with van der Waals surface area (Å²) in [5, 5.41) is 3.94. The molecule has 4 nitrogen and oxygen atoms in total. The largest absolute Gasteiger partial charge is 0.273 e. The van der Waals surface area contributed by atoms with Gasteiger partial charge in [-0.25, -0.2) is 5.43 Å². The molecule has 0 saturated carbocycles. The Bertz CT molecular complexity index is 576. The third kappa shape index (κ3) is 4.25. The van der Waals surface area contributed by atoms with Gasteiger partial charge in [-0.05, 0) is 40.5 Å². The van der Waals surface area contributed by atoms with E-state index in [0.717, 1.165) is 14.9 Å². The summed E-state index contributed by atoms with van der Waals surface area (Å²) in [6.07, 6.45) is 5.27. The number of nitrogens with zero attached hydrogens (tertiary/aromatic N) is 2. The van der Waals surface area contributed by atoms with Gasteiger partial charge in [0.05, 0.1) is 12.6 Å². The normalized spacial score (nSPS) is 10.8. The predicted octanol–water partition coefficient (Wildman–Crippen LogP) is 2.91. The Labute approximate surface area is 123 Å². The van der Waals surface area contributed by atoms with E-state index in [9.17, 15) is 4.79 Å². The number of amides is 1. The third-order valence-corrected chi connectivity index (χ3v) is 4.42. The van der Waals surface area contributed by atoms with Crippen molar-refractivity contribution < 1.29 is 4.79 Å². The number of carbonyl (C=O) groups is 1. The molecule has 98 valence electrons. The van der Waals surface area contributed by atoms with Crippen LogP contribution in [0.2, 0.25) is 0 Å². The van der Waals surface area contributed by atoms with Gasteiger partial charge in [-0.3, -0.25) is 9.78 Å². The molecule has 0 saturated heterocycles. The molecule has 0 aliphatic rings.